The van der Waals surface area contributed by atoms with E-state index >= 15 is 0 Å². The summed E-state index contributed by atoms with van der Waals surface area (Å²) in [7, 11) is 0. The van der Waals surface area contributed by atoms with Crippen LogP contribution in [0.3, 0.4) is 0 Å². The van der Waals surface area contributed by atoms with Gasteiger partial charge in [-0.3, -0.25) is 4.90 Å². The lowest BCUT2D eigenvalue weighted by molar-refractivity contribution is -0.137. The average molecular weight is 388 g/mol. The fourth-order valence-corrected chi connectivity index (χ4v) is 3.05. The van der Waals surface area contributed by atoms with Crippen molar-refractivity contribution in [2.45, 2.75) is 19.0 Å². The maximum absolute atomic E-state index is 13.2. The molecule has 0 spiro atoms. The largest absolute Gasteiger partial charge is 0.416 e. The summed E-state index contributed by atoms with van der Waals surface area (Å²) < 4.78 is 99.2. The minimum atomic E-state index is -4.73. The molecule has 3 aromatic carbocycles. The van der Waals surface area contributed by atoms with Crippen LogP contribution in [0.2, 0.25) is 0 Å². The van der Waals surface area contributed by atoms with Crippen molar-refractivity contribution in [3.05, 3.63) is 89.5 Å². The van der Waals surface area contributed by atoms with Crippen LogP contribution in [0.25, 0.3) is 16.3 Å². The van der Waals surface area contributed by atoms with Gasteiger partial charge in [0.2, 0.25) is 0 Å². The first kappa shape index (κ1) is 12.1. The Kier molecular flexibility index (Phi) is 3.36. The lowest BCUT2D eigenvalue weighted by Crippen LogP contribution is -2.30. The smallest absolute Gasteiger partial charge is 0.299 e. The SMILES string of the molecule is [2H]C1=C(c2cccc(C(F)(F)F)c2)C([2H])([2H])C([2H])([2H])N(CCc2ccc3ccccc3c2)C1([2H])[2H]. The number of rotatable bonds is 4. The van der Waals surface area contributed by atoms with Crippen LogP contribution in [0, 0.1) is 0 Å². The van der Waals surface area contributed by atoms with Crippen LogP contribution in [0.15, 0.2) is 72.8 Å². The van der Waals surface area contributed by atoms with Gasteiger partial charge in [-0.2, -0.15) is 13.2 Å². The Balaban J connectivity index is 1.74. The number of nitrogens with zero attached hydrogens (tertiary/aromatic N) is 1. The highest BCUT2D eigenvalue weighted by Gasteiger charge is 2.30. The quantitative estimate of drug-likeness (QED) is 0.515. The number of hydrogen-bond donors (Lipinski definition) is 0. The van der Waals surface area contributed by atoms with Gasteiger partial charge in [-0.1, -0.05) is 60.6 Å². The molecule has 0 saturated carbocycles. The minimum absolute atomic E-state index is 0.173. The van der Waals surface area contributed by atoms with Crippen LogP contribution in [-0.2, 0) is 12.6 Å². The zero-order chi connectivity index (χ0) is 25.8. The third-order valence-electron chi connectivity index (χ3n) is 4.55. The fourth-order valence-electron chi connectivity index (χ4n) is 3.05. The number of fused-ring (bicyclic) bond motifs is 1. The van der Waals surface area contributed by atoms with Gasteiger partial charge in [-0.05, 0) is 52.4 Å². The zero-order valence-corrected chi connectivity index (χ0v) is 14.8. The summed E-state index contributed by atoms with van der Waals surface area (Å²) in [4.78, 5) is 0.647. The summed E-state index contributed by atoms with van der Waals surface area (Å²) in [5.74, 6) is 0. The second-order valence-electron chi connectivity index (χ2n) is 6.51. The zero-order valence-electron chi connectivity index (χ0n) is 21.8. The molecule has 28 heavy (non-hydrogen) atoms. The Morgan fingerprint density at radius 2 is 1.79 bits per heavy atom. The first-order chi connectivity index (χ1) is 16.2. The highest BCUT2D eigenvalue weighted by molar-refractivity contribution is 5.83. The van der Waals surface area contributed by atoms with E-state index in [0.29, 0.717) is 11.0 Å². The molecule has 0 N–H and O–H groups in total. The molecule has 1 aliphatic heterocycles. The molecule has 144 valence electrons. The summed E-state index contributed by atoms with van der Waals surface area (Å²) in [6, 6.07) is 15.8. The molecule has 0 saturated heterocycles. The average Bonchev–Trinajstić information content (AvgIpc) is 2.77. The van der Waals surface area contributed by atoms with Crippen molar-refractivity contribution in [2.24, 2.45) is 0 Å². The minimum Gasteiger partial charge on any atom is -0.299 e. The maximum Gasteiger partial charge on any atom is 0.416 e. The van der Waals surface area contributed by atoms with E-state index in [0.717, 1.165) is 34.5 Å². The molecule has 1 aliphatic rings. The van der Waals surface area contributed by atoms with E-state index in [9.17, 15) is 13.2 Å². The highest BCUT2D eigenvalue weighted by atomic mass is 19.4. The first-order valence-corrected chi connectivity index (χ1v) is 8.82. The van der Waals surface area contributed by atoms with Crippen molar-refractivity contribution in [3.8, 4) is 0 Å². The van der Waals surface area contributed by atoms with Crippen LogP contribution in [0.4, 0.5) is 13.2 Å². The molecule has 0 unspecified atom stereocenters. The van der Waals surface area contributed by atoms with Gasteiger partial charge in [-0.25, -0.2) is 0 Å². The summed E-state index contributed by atoms with van der Waals surface area (Å²) in [6.07, 6.45) is -7.53. The molecular formula is C24H22F3N. The van der Waals surface area contributed by atoms with Crippen LogP contribution in [0.1, 0.15) is 32.7 Å². The molecule has 0 radical (unpaired) electrons. The Morgan fingerprint density at radius 1 is 0.964 bits per heavy atom. The van der Waals surface area contributed by atoms with Gasteiger partial charge < -0.3 is 0 Å². The van der Waals surface area contributed by atoms with Gasteiger partial charge in [0.25, 0.3) is 0 Å². The molecule has 1 heterocycles. The van der Waals surface area contributed by atoms with E-state index in [2.05, 4.69) is 0 Å². The molecule has 4 heteroatoms. The number of hydrogen-bond acceptors (Lipinski definition) is 1. The lowest BCUT2D eigenvalue weighted by Gasteiger charge is -2.26. The summed E-state index contributed by atoms with van der Waals surface area (Å²) in [5, 5.41) is 1.94. The van der Waals surface area contributed by atoms with E-state index in [-0.39, 0.29) is 18.5 Å². The fraction of sp³-hybridized carbons (Fsp3) is 0.250. The third-order valence-corrected chi connectivity index (χ3v) is 4.55. The van der Waals surface area contributed by atoms with Gasteiger partial charge in [0.15, 0.2) is 0 Å². The first-order valence-electron chi connectivity index (χ1n) is 12.3. The number of halogens is 3. The van der Waals surface area contributed by atoms with E-state index in [4.69, 9.17) is 9.60 Å². The Morgan fingerprint density at radius 3 is 2.61 bits per heavy atom. The van der Waals surface area contributed by atoms with Gasteiger partial charge in [0, 0.05) is 27.8 Å². The molecule has 0 fully saturated rings. The number of alkyl halides is 3. The normalized spacial score (nSPS) is 25.0. The summed E-state index contributed by atoms with van der Waals surface area (Å²) >= 11 is 0. The Bertz CT molecular complexity index is 1300. The third kappa shape index (κ3) is 4.28. The molecular weight excluding hydrogens is 359 g/mol. The van der Waals surface area contributed by atoms with Crippen LogP contribution in [0.5, 0.6) is 0 Å². The molecule has 0 aromatic heterocycles. The maximum atomic E-state index is 13.2. The molecule has 0 atom stereocenters. The lowest BCUT2D eigenvalue weighted by atomic mass is 9.97. The van der Waals surface area contributed by atoms with Gasteiger partial charge in [0.1, 0.15) is 0 Å². The van der Waals surface area contributed by atoms with Crippen molar-refractivity contribution in [2.75, 3.05) is 19.5 Å². The van der Waals surface area contributed by atoms with Crippen LogP contribution >= 0.6 is 0 Å². The van der Waals surface area contributed by atoms with Crippen molar-refractivity contribution in [1.82, 2.24) is 4.90 Å². The molecule has 3 aromatic rings. The van der Waals surface area contributed by atoms with Gasteiger partial charge >= 0.3 is 6.18 Å². The van der Waals surface area contributed by atoms with Crippen molar-refractivity contribution in [1.29, 1.82) is 0 Å². The van der Waals surface area contributed by atoms with E-state index in [1.165, 1.54) is 0 Å². The van der Waals surface area contributed by atoms with Crippen LogP contribution in [-0.4, -0.2) is 24.4 Å². The van der Waals surface area contributed by atoms with E-state index in [1.807, 2.05) is 42.5 Å². The molecule has 0 aliphatic carbocycles. The summed E-state index contributed by atoms with van der Waals surface area (Å²) in [5.41, 5.74) is -1.43. The van der Waals surface area contributed by atoms with Crippen LogP contribution < -0.4 is 0 Å². The molecule has 1 nitrogen and oxygen atoms in total. The second kappa shape index (κ2) is 7.80. The standard InChI is InChI=1S/C24H22F3N/c25-24(26,27)23-7-3-6-22(17-23)20-11-14-28(15-12-20)13-10-18-8-9-19-4-1-2-5-21(19)16-18/h1-9,11,16-17H,10,12-15H2/i11D,12D2,14D2,15D2. The Labute approximate surface area is 172 Å². The Hall–Kier alpha value is -2.59. The van der Waals surface area contributed by atoms with Crippen molar-refractivity contribution in [3.63, 3.8) is 0 Å². The van der Waals surface area contributed by atoms with Crippen molar-refractivity contribution >= 4 is 16.3 Å². The predicted octanol–water partition coefficient (Wildman–Crippen LogP) is 6.19. The molecule has 0 bridgehead atoms. The summed E-state index contributed by atoms with van der Waals surface area (Å²) in [6.45, 7) is -5.98. The monoisotopic (exact) mass is 388 g/mol. The predicted molar refractivity (Wildman–Crippen MR) is 108 cm³/mol. The second-order valence-corrected chi connectivity index (χ2v) is 6.51. The molecule has 4 rings (SSSR count). The van der Waals surface area contributed by atoms with E-state index in [1.54, 1.807) is 0 Å². The van der Waals surface area contributed by atoms with Gasteiger partial charge in [-0.15, -0.1) is 0 Å². The van der Waals surface area contributed by atoms with Gasteiger partial charge in [0.05, 0.1) is 6.93 Å². The topological polar surface area (TPSA) is 3.24 Å². The molecule has 0 amide bonds. The van der Waals surface area contributed by atoms with E-state index < -0.39 is 42.7 Å². The van der Waals surface area contributed by atoms with Crippen molar-refractivity contribution < 1.29 is 22.8 Å². The highest BCUT2D eigenvalue weighted by Crippen LogP contribution is 2.32. The number of benzene rings is 3.